The highest BCUT2D eigenvalue weighted by Crippen LogP contribution is 2.42. The van der Waals surface area contributed by atoms with Crippen LogP contribution < -0.4 is 16.2 Å². The highest BCUT2D eigenvalue weighted by atomic mass is 32.2. The molecule has 4 N–H and O–H groups in total. The van der Waals surface area contributed by atoms with E-state index in [1.807, 2.05) is 24.3 Å². The number of nitrogens with one attached hydrogen (secondary N) is 3. The molecule has 1 fully saturated rings. The third kappa shape index (κ3) is 6.56. The number of benzene rings is 2. The van der Waals surface area contributed by atoms with Gasteiger partial charge in [-0.25, -0.2) is 18.8 Å². The second-order valence-electron chi connectivity index (χ2n) is 10.8. The van der Waals surface area contributed by atoms with E-state index in [0.717, 1.165) is 11.1 Å². The first kappa shape index (κ1) is 32.1. The summed E-state index contributed by atoms with van der Waals surface area (Å²) in [6, 6.07) is 15.4. The van der Waals surface area contributed by atoms with Crippen molar-refractivity contribution in [3.8, 4) is 11.3 Å². The third-order valence-electron chi connectivity index (χ3n) is 8.57. The number of sulfone groups is 1. The average molecular weight is 611 g/mol. The van der Waals surface area contributed by atoms with E-state index in [1.165, 1.54) is 31.8 Å². The Balaban J connectivity index is 1.60. The molecule has 230 valence electrons. The molecule has 3 aromatic rings. The minimum absolute atomic E-state index is 0.0544. The van der Waals surface area contributed by atoms with Crippen molar-refractivity contribution in [3.63, 3.8) is 0 Å². The number of aliphatic carboxylic acids is 1. The van der Waals surface area contributed by atoms with Gasteiger partial charge in [0.2, 0.25) is 5.91 Å². The Morgan fingerprint density at radius 1 is 1.12 bits per heavy atom. The molecule has 12 heteroatoms. The van der Waals surface area contributed by atoms with Gasteiger partial charge in [0.15, 0.2) is 27.6 Å². The van der Waals surface area contributed by atoms with E-state index in [1.54, 1.807) is 25.1 Å². The molecule has 11 nitrogen and oxygen atoms in total. The number of carboxylic acids is 1. The Kier molecular flexibility index (Phi) is 10.2. The van der Waals surface area contributed by atoms with Crippen molar-refractivity contribution in [2.75, 3.05) is 19.3 Å². The number of amides is 1. The van der Waals surface area contributed by atoms with E-state index in [9.17, 15) is 27.9 Å². The van der Waals surface area contributed by atoms with Gasteiger partial charge in [0.1, 0.15) is 12.0 Å². The Morgan fingerprint density at radius 3 is 2.49 bits per heavy atom. The number of hydrazine groups is 1. The second kappa shape index (κ2) is 13.6. The van der Waals surface area contributed by atoms with Crippen molar-refractivity contribution >= 4 is 27.5 Å². The monoisotopic (exact) mass is 610 g/mol. The quantitative estimate of drug-likeness (QED) is 0.198. The van der Waals surface area contributed by atoms with Crippen LogP contribution in [0.2, 0.25) is 0 Å². The molecule has 1 saturated heterocycles. The number of oxazole rings is 1. The van der Waals surface area contributed by atoms with Gasteiger partial charge in [0.05, 0.1) is 16.1 Å². The van der Waals surface area contributed by atoms with Crippen LogP contribution in [0.25, 0.3) is 11.3 Å². The van der Waals surface area contributed by atoms with Crippen LogP contribution >= 0.6 is 0 Å². The maximum Gasteiger partial charge on any atom is 0.309 e. The summed E-state index contributed by atoms with van der Waals surface area (Å²) in [5.41, 5.74) is 4.90. The molecule has 1 aromatic heterocycles. The van der Waals surface area contributed by atoms with E-state index < -0.39 is 44.4 Å². The van der Waals surface area contributed by atoms with Gasteiger partial charge < -0.3 is 14.8 Å². The molecule has 0 radical (unpaired) electrons. The van der Waals surface area contributed by atoms with Gasteiger partial charge in [0.25, 0.3) is 0 Å². The number of carbonyl (C=O) groups excluding carboxylic acids is 2. The summed E-state index contributed by atoms with van der Waals surface area (Å²) in [4.78, 5) is 44.9. The zero-order chi connectivity index (χ0) is 31.1. The topological polar surface area (TPSA) is 168 Å². The SMILES string of the molecule is CCC(CCCS(=O)(=O)c1ccccc1)(CCC(=O)[C@@]1(C(=O)NC)NNCC[C@H]1c1ccccc1-c1cocn1)C(=O)O. The summed E-state index contributed by atoms with van der Waals surface area (Å²) in [5, 5.41) is 12.9. The highest BCUT2D eigenvalue weighted by molar-refractivity contribution is 7.91. The number of nitrogens with zero attached hydrogens (tertiary/aromatic N) is 1. The lowest BCUT2D eigenvalue weighted by atomic mass is 9.69. The van der Waals surface area contributed by atoms with E-state index >= 15 is 0 Å². The molecule has 2 heterocycles. The molecule has 0 spiro atoms. The first-order valence-electron chi connectivity index (χ1n) is 14.4. The van der Waals surface area contributed by atoms with Gasteiger partial charge in [-0.3, -0.25) is 19.8 Å². The summed E-state index contributed by atoms with van der Waals surface area (Å²) in [5.74, 6) is -2.93. The summed E-state index contributed by atoms with van der Waals surface area (Å²) >= 11 is 0. The molecule has 1 amide bonds. The van der Waals surface area contributed by atoms with Crippen molar-refractivity contribution < 1.29 is 32.3 Å². The number of hydrogen-bond acceptors (Lipinski definition) is 9. The van der Waals surface area contributed by atoms with Crippen LogP contribution in [0.1, 0.15) is 56.9 Å². The fraction of sp³-hybridized carbons (Fsp3) is 0.419. The highest BCUT2D eigenvalue weighted by Gasteiger charge is 2.54. The Bertz CT molecular complexity index is 1530. The Hall–Kier alpha value is -3.87. The molecule has 1 unspecified atom stereocenters. The Morgan fingerprint density at radius 2 is 1.84 bits per heavy atom. The zero-order valence-electron chi connectivity index (χ0n) is 24.3. The maximum atomic E-state index is 14.2. The minimum Gasteiger partial charge on any atom is -0.481 e. The number of aromatic nitrogens is 1. The van der Waals surface area contributed by atoms with Crippen LogP contribution in [-0.4, -0.2) is 61.1 Å². The fourth-order valence-electron chi connectivity index (χ4n) is 6.03. The van der Waals surface area contributed by atoms with Crippen LogP contribution in [0.15, 0.2) is 76.6 Å². The van der Waals surface area contributed by atoms with Crippen LogP contribution in [0.5, 0.6) is 0 Å². The molecule has 0 aliphatic carbocycles. The summed E-state index contributed by atoms with van der Waals surface area (Å²) < 4.78 is 30.8. The van der Waals surface area contributed by atoms with Gasteiger partial charge in [-0.2, -0.15) is 0 Å². The molecule has 1 aliphatic rings. The van der Waals surface area contributed by atoms with Gasteiger partial charge in [0, 0.05) is 31.5 Å². The lowest BCUT2D eigenvalue weighted by molar-refractivity contribution is -0.150. The lowest BCUT2D eigenvalue weighted by Crippen LogP contribution is -2.71. The molecular weight excluding hydrogens is 572 g/mol. The van der Waals surface area contributed by atoms with E-state index in [2.05, 4.69) is 21.2 Å². The first-order valence-corrected chi connectivity index (χ1v) is 16.0. The summed E-state index contributed by atoms with van der Waals surface area (Å²) in [7, 11) is -2.14. The summed E-state index contributed by atoms with van der Waals surface area (Å²) in [6.07, 6.45) is 3.35. The molecule has 3 atom stereocenters. The number of Topliss-reactive ketones (excluding diaryl/α,β-unsaturated/α-hetero) is 1. The maximum absolute atomic E-state index is 14.2. The van der Waals surface area contributed by atoms with Crippen LogP contribution in [0.4, 0.5) is 0 Å². The predicted octanol–water partition coefficient (Wildman–Crippen LogP) is 3.49. The number of hydrogen-bond donors (Lipinski definition) is 4. The minimum atomic E-state index is -3.59. The number of rotatable bonds is 14. The fourth-order valence-corrected chi connectivity index (χ4v) is 7.37. The van der Waals surface area contributed by atoms with Crippen molar-refractivity contribution in [1.29, 1.82) is 0 Å². The molecule has 43 heavy (non-hydrogen) atoms. The first-order chi connectivity index (χ1) is 20.6. The van der Waals surface area contributed by atoms with Crippen LogP contribution in [0, 0.1) is 5.41 Å². The summed E-state index contributed by atoms with van der Waals surface area (Å²) in [6.45, 7) is 2.20. The normalized spacial score (nSPS) is 20.2. The van der Waals surface area contributed by atoms with Gasteiger partial charge in [-0.05, 0) is 49.8 Å². The number of carbonyl (C=O) groups is 3. The molecule has 0 bridgehead atoms. The Labute approximate surface area is 251 Å². The average Bonchev–Trinajstić information content (AvgIpc) is 3.57. The number of carboxylic acid groups (broad SMARTS) is 1. The zero-order valence-corrected chi connectivity index (χ0v) is 25.2. The second-order valence-corrected chi connectivity index (χ2v) is 12.9. The number of likely N-dealkylation sites (N-methyl/N-ethyl adjacent to an activating group) is 1. The van der Waals surface area contributed by atoms with Crippen molar-refractivity contribution in [3.05, 3.63) is 72.8 Å². The van der Waals surface area contributed by atoms with Crippen LogP contribution in [-0.2, 0) is 24.2 Å². The largest absolute Gasteiger partial charge is 0.481 e. The molecule has 2 aromatic carbocycles. The van der Waals surface area contributed by atoms with E-state index in [-0.39, 0.29) is 42.8 Å². The van der Waals surface area contributed by atoms with Gasteiger partial charge >= 0.3 is 5.97 Å². The van der Waals surface area contributed by atoms with Gasteiger partial charge in [-0.15, -0.1) is 0 Å². The molecule has 1 aliphatic heterocycles. The molecular formula is C31H38N4O7S. The molecule has 0 saturated carbocycles. The van der Waals surface area contributed by atoms with Crippen LogP contribution in [0.3, 0.4) is 0 Å². The smallest absolute Gasteiger partial charge is 0.309 e. The lowest BCUT2D eigenvalue weighted by Gasteiger charge is -2.43. The van der Waals surface area contributed by atoms with Crippen molar-refractivity contribution in [2.24, 2.45) is 5.41 Å². The predicted molar refractivity (Wildman–Crippen MR) is 160 cm³/mol. The number of ketones is 1. The molecule has 4 rings (SSSR count). The third-order valence-corrected chi connectivity index (χ3v) is 10.4. The standard InChI is InChI=1S/C31H38N4O7S/c1-3-30(29(38)39,16-9-19-43(40,41)22-10-5-4-6-11-22)17-14-27(36)31(28(37)32-2)25(15-18-34-35-31)23-12-7-8-13-24(23)26-20-42-21-33-26/h4-8,10-13,20-21,25,34-35H,3,9,14-19H2,1-2H3,(H,32,37)(H,38,39)/t25-,30?,31-/m0/s1. The van der Waals surface area contributed by atoms with Crippen molar-refractivity contribution in [1.82, 2.24) is 21.2 Å². The van der Waals surface area contributed by atoms with E-state index in [0.29, 0.717) is 18.7 Å². The van der Waals surface area contributed by atoms with Crippen molar-refractivity contribution in [2.45, 2.75) is 61.8 Å². The van der Waals surface area contributed by atoms with E-state index in [4.69, 9.17) is 4.42 Å². The van der Waals surface area contributed by atoms with Gasteiger partial charge in [-0.1, -0.05) is 49.4 Å².